The Kier molecular flexibility index (Phi) is 7.02. The van der Waals surface area contributed by atoms with E-state index >= 15 is 0 Å². The van der Waals surface area contributed by atoms with Crippen molar-refractivity contribution in [2.75, 3.05) is 21.3 Å². The normalized spacial score (nSPS) is 12.5. The van der Waals surface area contributed by atoms with Crippen molar-refractivity contribution in [2.45, 2.75) is 12.5 Å². The first-order chi connectivity index (χ1) is 13.4. The van der Waals surface area contributed by atoms with Gasteiger partial charge in [-0.05, 0) is 12.1 Å². The van der Waals surface area contributed by atoms with E-state index in [1.54, 1.807) is 24.3 Å². The predicted molar refractivity (Wildman–Crippen MR) is 97.2 cm³/mol. The van der Waals surface area contributed by atoms with E-state index in [0.717, 1.165) is 21.3 Å². The molecule has 0 fully saturated rings. The molecule has 0 aliphatic heterocycles. The van der Waals surface area contributed by atoms with E-state index in [1.165, 1.54) is 12.3 Å². The van der Waals surface area contributed by atoms with Crippen LogP contribution in [0.15, 0.2) is 36.5 Å². The lowest BCUT2D eigenvalue weighted by Gasteiger charge is -2.23. The molecule has 0 spiro atoms. The van der Waals surface area contributed by atoms with Crippen molar-refractivity contribution in [2.24, 2.45) is 5.92 Å². The third-order valence-corrected chi connectivity index (χ3v) is 4.16. The molecule has 9 heteroatoms. The van der Waals surface area contributed by atoms with Crippen LogP contribution in [-0.2, 0) is 28.6 Å². The Morgan fingerprint density at radius 3 is 2.29 bits per heavy atom. The number of pyridine rings is 1. The Balaban J connectivity index is 2.39. The molecular formula is C19H20N2O7. The van der Waals surface area contributed by atoms with Crippen molar-refractivity contribution in [1.29, 1.82) is 0 Å². The average Bonchev–Trinajstić information content (AvgIpc) is 2.74. The third-order valence-electron chi connectivity index (χ3n) is 4.16. The lowest BCUT2D eigenvalue weighted by atomic mass is 9.95. The number of rotatable bonds is 7. The van der Waals surface area contributed by atoms with E-state index in [1.807, 2.05) is 0 Å². The fourth-order valence-electron chi connectivity index (χ4n) is 2.72. The highest BCUT2D eigenvalue weighted by Gasteiger charge is 2.39. The summed E-state index contributed by atoms with van der Waals surface area (Å²) in [5.41, 5.74) is 0.838. The van der Waals surface area contributed by atoms with Crippen molar-refractivity contribution in [1.82, 2.24) is 10.3 Å². The number of carbonyl (C=O) groups excluding carboxylic acids is 4. The molecule has 2 rings (SSSR count). The van der Waals surface area contributed by atoms with Gasteiger partial charge in [0.1, 0.15) is 6.04 Å². The molecule has 0 unspecified atom stereocenters. The van der Waals surface area contributed by atoms with Gasteiger partial charge in [0.15, 0.2) is 0 Å². The first kappa shape index (κ1) is 20.8. The summed E-state index contributed by atoms with van der Waals surface area (Å²) in [6, 6.07) is 7.00. The third kappa shape index (κ3) is 4.61. The van der Waals surface area contributed by atoms with Gasteiger partial charge in [-0.1, -0.05) is 18.2 Å². The second-order valence-corrected chi connectivity index (χ2v) is 5.76. The molecule has 0 saturated carbocycles. The molecule has 0 bridgehead atoms. The second-order valence-electron chi connectivity index (χ2n) is 5.76. The van der Waals surface area contributed by atoms with Crippen molar-refractivity contribution >= 4 is 34.7 Å². The Morgan fingerprint density at radius 2 is 1.64 bits per heavy atom. The maximum atomic E-state index is 12.8. The Bertz CT molecular complexity index is 891. The van der Waals surface area contributed by atoms with Gasteiger partial charge in [0, 0.05) is 11.6 Å². The van der Waals surface area contributed by atoms with E-state index in [2.05, 4.69) is 19.8 Å². The highest BCUT2D eigenvalue weighted by atomic mass is 16.5. The van der Waals surface area contributed by atoms with Crippen LogP contribution in [0.3, 0.4) is 0 Å². The molecule has 0 aliphatic carbocycles. The van der Waals surface area contributed by atoms with E-state index in [4.69, 9.17) is 4.74 Å². The van der Waals surface area contributed by atoms with Crippen LogP contribution in [-0.4, -0.2) is 56.2 Å². The molecule has 0 saturated heterocycles. The van der Waals surface area contributed by atoms with Gasteiger partial charge in [0.2, 0.25) is 0 Å². The molecule has 0 radical (unpaired) electrons. The average molecular weight is 388 g/mol. The minimum absolute atomic E-state index is 0.251. The highest BCUT2D eigenvalue weighted by Crippen LogP contribution is 2.19. The van der Waals surface area contributed by atoms with Crippen molar-refractivity contribution in [3.8, 4) is 0 Å². The number of ether oxygens (including phenoxy) is 3. The number of aromatic nitrogens is 1. The standard InChI is InChI=1S/C19H20N2O7/c1-26-15(22)10-13(18(24)27-2)16(19(25)28-3)21-17(23)12-8-9-20-14-7-5-4-6-11(12)14/h4-9,13,16H,10H2,1-3H3,(H,21,23)/t13-,16+/m1/s1. The molecule has 1 heterocycles. The van der Waals surface area contributed by atoms with Gasteiger partial charge in [0.05, 0.1) is 44.7 Å². The SMILES string of the molecule is COC(=O)C[C@@H](C(=O)OC)[C@H](NC(=O)c1ccnc2ccccc12)C(=O)OC. The summed E-state index contributed by atoms with van der Waals surface area (Å²) < 4.78 is 13.9. The van der Waals surface area contributed by atoms with Gasteiger partial charge < -0.3 is 19.5 Å². The molecule has 0 aliphatic rings. The first-order valence-corrected chi connectivity index (χ1v) is 8.30. The number of amides is 1. The van der Waals surface area contributed by atoms with Crippen LogP contribution in [0.1, 0.15) is 16.8 Å². The van der Waals surface area contributed by atoms with Crippen molar-refractivity contribution < 1.29 is 33.4 Å². The van der Waals surface area contributed by atoms with Crippen LogP contribution in [0, 0.1) is 5.92 Å². The molecule has 9 nitrogen and oxygen atoms in total. The van der Waals surface area contributed by atoms with Crippen LogP contribution in [0.2, 0.25) is 0 Å². The maximum Gasteiger partial charge on any atom is 0.329 e. The van der Waals surface area contributed by atoms with E-state index in [-0.39, 0.29) is 5.56 Å². The summed E-state index contributed by atoms with van der Waals surface area (Å²) in [5.74, 6) is -4.45. The van der Waals surface area contributed by atoms with Gasteiger partial charge in [0.25, 0.3) is 5.91 Å². The zero-order valence-corrected chi connectivity index (χ0v) is 15.6. The van der Waals surface area contributed by atoms with Crippen LogP contribution in [0.4, 0.5) is 0 Å². The number of nitrogens with one attached hydrogen (secondary N) is 1. The molecule has 2 atom stereocenters. The number of esters is 3. The number of para-hydroxylation sites is 1. The lowest BCUT2D eigenvalue weighted by Crippen LogP contribution is -2.50. The number of fused-ring (bicyclic) bond motifs is 1. The summed E-state index contributed by atoms with van der Waals surface area (Å²) >= 11 is 0. The number of methoxy groups -OCH3 is 3. The minimum Gasteiger partial charge on any atom is -0.469 e. The van der Waals surface area contributed by atoms with Gasteiger partial charge in [-0.25, -0.2) is 4.79 Å². The van der Waals surface area contributed by atoms with Gasteiger partial charge >= 0.3 is 17.9 Å². The molecular weight excluding hydrogens is 368 g/mol. The summed E-state index contributed by atoms with van der Waals surface area (Å²) in [4.78, 5) is 53.1. The summed E-state index contributed by atoms with van der Waals surface area (Å²) in [6.45, 7) is 0. The van der Waals surface area contributed by atoms with Crippen LogP contribution in [0.25, 0.3) is 10.9 Å². The van der Waals surface area contributed by atoms with Crippen molar-refractivity contribution in [3.05, 3.63) is 42.1 Å². The molecule has 2 aromatic rings. The van der Waals surface area contributed by atoms with E-state index in [9.17, 15) is 19.2 Å². The van der Waals surface area contributed by atoms with Crippen LogP contribution < -0.4 is 5.32 Å². The quantitative estimate of drug-likeness (QED) is 0.548. The first-order valence-electron chi connectivity index (χ1n) is 8.30. The second kappa shape index (κ2) is 9.45. The number of hydrogen-bond donors (Lipinski definition) is 1. The Hall–Kier alpha value is -3.49. The highest BCUT2D eigenvalue weighted by molar-refractivity contribution is 6.07. The van der Waals surface area contributed by atoms with E-state index < -0.39 is 42.2 Å². The van der Waals surface area contributed by atoms with Crippen LogP contribution >= 0.6 is 0 Å². The molecule has 148 valence electrons. The van der Waals surface area contributed by atoms with Gasteiger partial charge in [-0.3, -0.25) is 19.4 Å². The number of hydrogen-bond acceptors (Lipinski definition) is 8. The summed E-state index contributed by atoms with van der Waals surface area (Å²) in [7, 11) is 3.36. The van der Waals surface area contributed by atoms with Gasteiger partial charge in [-0.2, -0.15) is 0 Å². The van der Waals surface area contributed by atoms with Crippen molar-refractivity contribution in [3.63, 3.8) is 0 Å². The fourth-order valence-corrected chi connectivity index (χ4v) is 2.72. The zero-order chi connectivity index (χ0) is 20.7. The number of benzene rings is 1. The number of nitrogens with zero attached hydrogens (tertiary/aromatic N) is 1. The molecule has 28 heavy (non-hydrogen) atoms. The minimum atomic E-state index is -1.45. The molecule has 1 amide bonds. The smallest absolute Gasteiger partial charge is 0.329 e. The zero-order valence-electron chi connectivity index (χ0n) is 15.6. The molecule has 1 aromatic heterocycles. The summed E-state index contributed by atoms with van der Waals surface area (Å²) in [6.07, 6.45) is 0.983. The topological polar surface area (TPSA) is 121 Å². The van der Waals surface area contributed by atoms with Crippen LogP contribution in [0.5, 0.6) is 0 Å². The predicted octanol–water partition coefficient (Wildman–Crippen LogP) is 0.858. The Morgan fingerprint density at radius 1 is 0.964 bits per heavy atom. The lowest BCUT2D eigenvalue weighted by molar-refractivity contribution is -0.158. The summed E-state index contributed by atoms with van der Waals surface area (Å²) in [5, 5.41) is 3.03. The van der Waals surface area contributed by atoms with E-state index in [0.29, 0.717) is 10.9 Å². The monoisotopic (exact) mass is 388 g/mol. The molecule has 1 N–H and O–H groups in total. The largest absolute Gasteiger partial charge is 0.469 e. The molecule has 1 aromatic carbocycles. The van der Waals surface area contributed by atoms with Gasteiger partial charge in [-0.15, -0.1) is 0 Å². The number of carbonyl (C=O) groups is 4. The maximum absolute atomic E-state index is 12.8. The fraction of sp³-hybridized carbons (Fsp3) is 0.316. The Labute approximate surface area is 161 Å².